The average Bonchev–Trinajstić information content (AvgIpc) is 2.82. The fourth-order valence-corrected chi connectivity index (χ4v) is 3.54. The Hall–Kier alpha value is -2.80. The summed E-state index contributed by atoms with van der Waals surface area (Å²) >= 11 is 0. The van der Waals surface area contributed by atoms with E-state index in [2.05, 4.69) is 22.5 Å². The van der Waals surface area contributed by atoms with Gasteiger partial charge in [-0.15, -0.1) is 0 Å². The van der Waals surface area contributed by atoms with Crippen molar-refractivity contribution in [2.24, 2.45) is 0 Å². The Morgan fingerprint density at radius 1 is 1.10 bits per heavy atom. The number of benzene rings is 2. The zero-order valence-corrected chi connectivity index (χ0v) is 18.0. The topological polar surface area (TPSA) is 70.7 Å². The molecule has 1 aliphatic heterocycles. The quantitative estimate of drug-likeness (QED) is 0.456. The second-order valence-corrected chi connectivity index (χ2v) is 7.54. The van der Waals surface area contributed by atoms with Crippen molar-refractivity contribution < 1.29 is 14.3 Å². The van der Waals surface area contributed by atoms with Gasteiger partial charge in [0.05, 0.1) is 13.2 Å². The van der Waals surface area contributed by atoms with Crippen LogP contribution in [0.2, 0.25) is 0 Å². The third-order valence-corrected chi connectivity index (χ3v) is 5.41. The predicted octanol–water partition coefficient (Wildman–Crippen LogP) is 3.06. The van der Waals surface area contributed by atoms with E-state index in [9.17, 15) is 9.59 Å². The fraction of sp³-hybridized carbons (Fsp3) is 0.360. The average molecular weight is 422 g/mol. The van der Waals surface area contributed by atoms with E-state index >= 15 is 0 Å². The molecule has 31 heavy (non-hydrogen) atoms. The molecule has 1 fully saturated rings. The maximum atomic E-state index is 13.1. The first-order chi connectivity index (χ1) is 15.2. The van der Waals surface area contributed by atoms with Crippen LogP contribution in [0.5, 0.6) is 0 Å². The van der Waals surface area contributed by atoms with E-state index in [4.69, 9.17) is 4.74 Å². The van der Waals surface area contributed by atoms with Crippen molar-refractivity contribution >= 4 is 24.0 Å². The molecule has 3 rings (SSSR count). The first kappa shape index (κ1) is 22.9. The molecule has 2 N–H and O–H groups in total. The lowest BCUT2D eigenvalue weighted by Gasteiger charge is -2.27. The van der Waals surface area contributed by atoms with E-state index in [0.29, 0.717) is 6.54 Å². The summed E-state index contributed by atoms with van der Waals surface area (Å²) in [7, 11) is 0. The Bertz CT molecular complexity index is 857. The summed E-state index contributed by atoms with van der Waals surface area (Å²) in [4.78, 5) is 26.0. The van der Waals surface area contributed by atoms with Gasteiger partial charge in [-0.25, -0.2) is 0 Å². The van der Waals surface area contributed by atoms with Gasteiger partial charge in [-0.1, -0.05) is 49.4 Å². The van der Waals surface area contributed by atoms with E-state index in [1.165, 1.54) is 11.6 Å². The summed E-state index contributed by atoms with van der Waals surface area (Å²) in [5.74, 6) is -0.0950. The molecule has 0 radical (unpaired) electrons. The van der Waals surface area contributed by atoms with Crippen LogP contribution in [0.3, 0.4) is 0 Å². The molecule has 1 heterocycles. The number of ether oxygens (including phenoxy) is 1. The standard InChI is InChI=1S/C25H31N3O3/c1-2-20-7-11-23(12-8-20)27-25(30)24(26-13-14-28-15-18-31-19-16-28)22-9-5-21(6-10-22)4-3-17-29/h3-12,17,24,26H,2,13-16,18-19H2,1H3,(H,27,30)/b4-3+. The van der Waals surface area contributed by atoms with Crippen LogP contribution >= 0.6 is 0 Å². The van der Waals surface area contributed by atoms with Gasteiger partial charge < -0.3 is 15.4 Å². The molecular formula is C25H31N3O3. The highest BCUT2D eigenvalue weighted by Gasteiger charge is 2.21. The first-order valence-electron chi connectivity index (χ1n) is 10.8. The van der Waals surface area contributed by atoms with Gasteiger partial charge >= 0.3 is 0 Å². The lowest BCUT2D eigenvalue weighted by molar-refractivity contribution is -0.118. The minimum Gasteiger partial charge on any atom is -0.379 e. The zero-order valence-electron chi connectivity index (χ0n) is 18.0. The molecule has 2 aromatic carbocycles. The maximum absolute atomic E-state index is 13.1. The van der Waals surface area contributed by atoms with Crippen LogP contribution in [0.15, 0.2) is 54.6 Å². The van der Waals surface area contributed by atoms with Crippen molar-refractivity contribution in [3.8, 4) is 0 Å². The summed E-state index contributed by atoms with van der Waals surface area (Å²) in [6, 6.07) is 15.1. The van der Waals surface area contributed by atoms with Crippen molar-refractivity contribution in [1.82, 2.24) is 10.2 Å². The van der Waals surface area contributed by atoms with Gasteiger partial charge in [0.2, 0.25) is 5.91 Å². The Balaban J connectivity index is 1.69. The van der Waals surface area contributed by atoms with Crippen LogP contribution in [0.25, 0.3) is 6.08 Å². The molecule has 2 aromatic rings. The number of carbonyl (C=O) groups is 2. The molecule has 1 aliphatic rings. The first-order valence-corrected chi connectivity index (χ1v) is 10.8. The van der Waals surface area contributed by atoms with Crippen molar-refractivity contribution in [2.45, 2.75) is 19.4 Å². The van der Waals surface area contributed by atoms with Gasteiger partial charge in [0.25, 0.3) is 0 Å². The Kier molecular flexibility index (Phi) is 8.97. The van der Waals surface area contributed by atoms with Gasteiger partial charge in [-0.2, -0.15) is 0 Å². The highest BCUT2D eigenvalue weighted by molar-refractivity contribution is 5.95. The van der Waals surface area contributed by atoms with Crippen LogP contribution in [-0.4, -0.2) is 56.5 Å². The Morgan fingerprint density at radius 2 is 1.81 bits per heavy atom. The zero-order chi connectivity index (χ0) is 21.9. The SMILES string of the molecule is CCc1ccc(NC(=O)C(NCCN2CCOCC2)c2ccc(/C=C/C=O)cc2)cc1. The number of allylic oxidation sites excluding steroid dienone is 1. The molecule has 0 aromatic heterocycles. The molecule has 1 amide bonds. The lowest BCUT2D eigenvalue weighted by atomic mass is 10.0. The molecule has 6 nitrogen and oxygen atoms in total. The Morgan fingerprint density at radius 3 is 2.45 bits per heavy atom. The highest BCUT2D eigenvalue weighted by Crippen LogP contribution is 2.18. The molecule has 6 heteroatoms. The molecule has 1 unspecified atom stereocenters. The number of morpholine rings is 1. The molecule has 0 aliphatic carbocycles. The lowest BCUT2D eigenvalue weighted by Crippen LogP contribution is -2.42. The summed E-state index contributed by atoms with van der Waals surface area (Å²) in [6.45, 7) is 7.01. The molecule has 1 atom stereocenters. The van der Waals surface area contributed by atoms with E-state index in [1.807, 2.05) is 48.5 Å². The van der Waals surface area contributed by atoms with Crippen molar-refractivity contribution in [3.05, 3.63) is 71.3 Å². The van der Waals surface area contributed by atoms with Crippen molar-refractivity contribution in [1.29, 1.82) is 0 Å². The third kappa shape index (κ3) is 7.14. The van der Waals surface area contributed by atoms with Crippen LogP contribution < -0.4 is 10.6 Å². The van der Waals surface area contributed by atoms with Crippen molar-refractivity contribution in [3.63, 3.8) is 0 Å². The van der Waals surface area contributed by atoms with Gasteiger partial charge in [-0.3, -0.25) is 14.5 Å². The number of amides is 1. The van der Waals surface area contributed by atoms with E-state index in [1.54, 1.807) is 6.08 Å². The number of aryl methyl sites for hydroxylation is 1. The third-order valence-electron chi connectivity index (χ3n) is 5.41. The van der Waals surface area contributed by atoms with Crippen LogP contribution in [0, 0.1) is 0 Å². The number of rotatable bonds is 10. The number of aldehydes is 1. The monoisotopic (exact) mass is 421 g/mol. The number of hydrogen-bond donors (Lipinski definition) is 2. The smallest absolute Gasteiger partial charge is 0.246 e. The second-order valence-electron chi connectivity index (χ2n) is 7.54. The summed E-state index contributed by atoms with van der Waals surface area (Å²) in [5.41, 5.74) is 3.82. The number of carbonyl (C=O) groups excluding carboxylic acids is 2. The van der Waals surface area contributed by atoms with Crippen LogP contribution in [0.4, 0.5) is 5.69 Å². The van der Waals surface area contributed by atoms with Crippen LogP contribution in [-0.2, 0) is 20.7 Å². The summed E-state index contributed by atoms with van der Waals surface area (Å²) < 4.78 is 5.40. The van der Waals surface area contributed by atoms with E-state index < -0.39 is 6.04 Å². The minimum absolute atomic E-state index is 0.0950. The highest BCUT2D eigenvalue weighted by atomic mass is 16.5. The second kappa shape index (κ2) is 12.2. The molecule has 0 saturated carbocycles. The van der Waals surface area contributed by atoms with Gasteiger partial charge in [0.1, 0.15) is 12.3 Å². The fourth-order valence-electron chi connectivity index (χ4n) is 3.54. The number of anilines is 1. The van der Waals surface area contributed by atoms with Gasteiger partial charge in [0, 0.05) is 31.9 Å². The molecular weight excluding hydrogens is 390 g/mol. The minimum atomic E-state index is -0.476. The maximum Gasteiger partial charge on any atom is 0.246 e. The number of hydrogen-bond acceptors (Lipinski definition) is 5. The molecule has 1 saturated heterocycles. The molecule has 164 valence electrons. The summed E-state index contributed by atoms with van der Waals surface area (Å²) in [6.07, 6.45) is 4.92. The number of nitrogens with zero attached hydrogens (tertiary/aromatic N) is 1. The van der Waals surface area contributed by atoms with Crippen molar-refractivity contribution in [2.75, 3.05) is 44.7 Å². The van der Waals surface area contributed by atoms with E-state index in [0.717, 1.165) is 62.4 Å². The Labute approximate surface area is 184 Å². The summed E-state index contributed by atoms with van der Waals surface area (Å²) in [5, 5.41) is 6.45. The molecule has 0 spiro atoms. The molecule has 0 bridgehead atoms. The van der Waals surface area contributed by atoms with Crippen LogP contribution in [0.1, 0.15) is 29.7 Å². The predicted molar refractivity (Wildman–Crippen MR) is 124 cm³/mol. The van der Waals surface area contributed by atoms with Gasteiger partial charge in [-0.05, 0) is 41.3 Å². The normalized spacial score (nSPS) is 15.6. The van der Waals surface area contributed by atoms with E-state index in [-0.39, 0.29) is 5.91 Å². The van der Waals surface area contributed by atoms with Gasteiger partial charge in [0.15, 0.2) is 0 Å². The number of nitrogens with one attached hydrogen (secondary N) is 2. The largest absolute Gasteiger partial charge is 0.379 e.